The number of rotatable bonds is 7. The van der Waals surface area contributed by atoms with Gasteiger partial charge in [-0.2, -0.15) is 0 Å². The third-order valence-electron chi connectivity index (χ3n) is 6.59. The van der Waals surface area contributed by atoms with Crippen LogP contribution in [-0.2, 0) is 0 Å². The van der Waals surface area contributed by atoms with Crippen LogP contribution in [0.1, 0.15) is 48.4 Å². The van der Waals surface area contributed by atoms with Crippen LogP contribution in [0.15, 0.2) is 77.8 Å². The quantitative estimate of drug-likeness (QED) is 0.182. The zero-order valence-corrected chi connectivity index (χ0v) is 21.7. The van der Waals surface area contributed by atoms with E-state index in [2.05, 4.69) is 102 Å². The number of halogens is 1. The molecular formula is C29H29IN2O2. The van der Waals surface area contributed by atoms with Gasteiger partial charge in [-0.05, 0) is 88.4 Å². The molecular weight excluding hydrogens is 535 g/mol. The molecule has 3 atom stereocenters. The summed E-state index contributed by atoms with van der Waals surface area (Å²) in [6, 6.07) is 21.7. The van der Waals surface area contributed by atoms with E-state index in [1.54, 1.807) is 7.11 Å². The smallest absolute Gasteiger partial charge is 0.174 e. The van der Waals surface area contributed by atoms with Crippen LogP contribution in [0.2, 0.25) is 0 Å². The summed E-state index contributed by atoms with van der Waals surface area (Å²) in [6.07, 6.45) is 8.66. The second kappa shape index (κ2) is 10.2. The minimum Gasteiger partial charge on any atom is -0.493 e. The van der Waals surface area contributed by atoms with E-state index in [1.807, 2.05) is 12.3 Å². The Morgan fingerprint density at radius 1 is 1.12 bits per heavy atom. The molecule has 5 rings (SSSR count). The average molecular weight is 564 g/mol. The highest BCUT2D eigenvalue weighted by molar-refractivity contribution is 14.1. The van der Waals surface area contributed by atoms with E-state index in [0.29, 0.717) is 24.5 Å². The lowest BCUT2D eigenvalue weighted by Crippen LogP contribution is -2.28. The molecule has 0 unspecified atom stereocenters. The lowest BCUT2D eigenvalue weighted by Gasteiger charge is -2.37. The SMILES string of the molecule is CCCOc1c(I)cc(C=Nc2ccc([C@@H]3Nc4ccccc4[C@@H]4C=CC[C@H]43)cc2)cc1OC. The molecule has 3 aromatic carbocycles. The number of ether oxygens (including phenoxy) is 2. The van der Waals surface area contributed by atoms with Crippen molar-refractivity contribution in [3.63, 3.8) is 0 Å². The van der Waals surface area contributed by atoms with Gasteiger partial charge in [-0.15, -0.1) is 0 Å². The zero-order valence-electron chi connectivity index (χ0n) is 19.5. The van der Waals surface area contributed by atoms with Gasteiger partial charge in [0.2, 0.25) is 0 Å². The van der Waals surface area contributed by atoms with E-state index in [1.165, 1.54) is 16.8 Å². The van der Waals surface area contributed by atoms with Crippen molar-refractivity contribution in [2.75, 3.05) is 19.0 Å². The summed E-state index contributed by atoms with van der Waals surface area (Å²) in [5.74, 6) is 2.57. The van der Waals surface area contributed by atoms with Crippen LogP contribution in [-0.4, -0.2) is 19.9 Å². The van der Waals surface area contributed by atoms with Crippen LogP contribution >= 0.6 is 22.6 Å². The highest BCUT2D eigenvalue weighted by Crippen LogP contribution is 2.49. The first kappa shape index (κ1) is 23.0. The number of fused-ring (bicyclic) bond motifs is 3. The van der Waals surface area contributed by atoms with E-state index >= 15 is 0 Å². The largest absolute Gasteiger partial charge is 0.493 e. The van der Waals surface area contributed by atoms with Crippen LogP contribution in [0.3, 0.4) is 0 Å². The fraction of sp³-hybridized carbons (Fsp3) is 0.276. The minimum absolute atomic E-state index is 0.300. The van der Waals surface area contributed by atoms with Gasteiger partial charge in [-0.1, -0.05) is 49.4 Å². The standard InChI is InChI=1S/C29H29IN2O2/c1-3-15-34-29-25(30)16-19(17-27(29)33-2)18-31-21-13-11-20(12-14-21)28-24-9-6-8-22(24)23-7-4-5-10-26(23)32-28/h4-8,10-14,16-18,22,24,28,32H,3,9,15H2,1-2H3/t22-,24+,28-/m0/s1. The van der Waals surface area contributed by atoms with Crippen LogP contribution < -0.4 is 14.8 Å². The summed E-state index contributed by atoms with van der Waals surface area (Å²) in [6.45, 7) is 2.77. The van der Waals surface area contributed by atoms with Gasteiger partial charge < -0.3 is 14.8 Å². The number of nitrogens with one attached hydrogen (secondary N) is 1. The Hall–Kier alpha value is -2.80. The molecule has 0 radical (unpaired) electrons. The van der Waals surface area contributed by atoms with Crippen LogP contribution in [0.25, 0.3) is 0 Å². The number of aliphatic imine (C=N–C) groups is 1. The Bertz CT molecular complexity index is 1220. The summed E-state index contributed by atoms with van der Waals surface area (Å²) in [4.78, 5) is 4.72. The number of anilines is 1. The number of para-hydroxylation sites is 1. The maximum atomic E-state index is 5.86. The first-order valence-electron chi connectivity index (χ1n) is 11.8. The van der Waals surface area contributed by atoms with Crippen molar-refractivity contribution in [2.45, 2.75) is 31.7 Å². The van der Waals surface area contributed by atoms with Gasteiger partial charge in [-0.3, -0.25) is 4.99 Å². The van der Waals surface area contributed by atoms with E-state index in [-0.39, 0.29) is 0 Å². The molecule has 1 N–H and O–H groups in total. The predicted octanol–water partition coefficient (Wildman–Crippen LogP) is 7.67. The Balaban J connectivity index is 1.34. The first-order valence-corrected chi connectivity index (χ1v) is 12.9. The van der Waals surface area contributed by atoms with E-state index in [0.717, 1.165) is 39.2 Å². The first-order chi connectivity index (χ1) is 16.7. The molecule has 174 valence electrons. The predicted molar refractivity (Wildman–Crippen MR) is 148 cm³/mol. The summed E-state index contributed by atoms with van der Waals surface area (Å²) in [5.41, 5.74) is 5.88. The van der Waals surface area contributed by atoms with Gasteiger partial charge in [0.15, 0.2) is 11.5 Å². The van der Waals surface area contributed by atoms with Gasteiger partial charge in [-0.25, -0.2) is 0 Å². The molecule has 0 saturated carbocycles. The molecule has 0 bridgehead atoms. The lowest BCUT2D eigenvalue weighted by molar-refractivity contribution is 0.292. The molecule has 0 aromatic heterocycles. The second-order valence-electron chi connectivity index (χ2n) is 8.80. The molecule has 4 nitrogen and oxygen atoms in total. The summed E-state index contributed by atoms with van der Waals surface area (Å²) in [5, 5.41) is 3.80. The highest BCUT2D eigenvalue weighted by atomic mass is 127. The van der Waals surface area contributed by atoms with Crippen molar-refractivity contribution in [1.29, 1.82) is 0 Å². The molecule has 5 heteroatoms. The molecule has 0 spiro atoms. The fourth-order valence-corrected chi connectivity index (χ4v) is 5.73. The number of nitrogens with zero attached hydrogens (tertiary/aromatic N) is 1. The number of hydrogen-bond acceptors (Lipinski definition) is 4. The van der Waals surface area contributed by atoms with Crippen molar-refractivity contribution in [2.24, 2.45) is 10.9 Å². The normalized spacial score (nSPS) is 20.6. The molecule has 1 aliphatic heterocycles. The van der Waals surface area contributed by atoms with E-state index in [9.17, 15) is 0 Å². The van der Waals surface area contributed by atoms with Gasteiger partial charge in [0, 0.05) is 17.8 Å². The van der Waals surface area contributed by atoms with Crippen molar-refractivity contribution in [3.05, 3.63) is 93.1 Å². The molecule has 0 fully saturated rings. The van der Waals surface area contributed by atoms with Gasteiger partial charge in [0.25, 0.3) is 0 Å². The van der Waals surface area contributed by atoms with Crippen molar-refractivity contribution in [3.8, 4) is 11.5 Å². The van der Waals surface area contributed by atoms with Crippen molar-refractivity contribution in [1.82, 2.24) is 0 Å². The summed E-state index contributed by atoms with van der Waals surface area (Å²) in [7, 11) is 1.67. The molecule has 1 aliphatic carbocycles. The van der Waals surface area contributed by atoms with Crippen molar-refractivity contribution < 1.29 is 9.47 Å². The Morgan fingerprint density at radius 3 is 2.74 bits per heavy atom. The molecule has 34 heavy (non-hydrogen) atoms. The molecule has 0 saturated heterocycles. The average Bonchev–Trinajstić information content (AvgIpc) is 3.37. The number of hydrogen-bond donors (Lipinski definition) is 1. The van der Waals surface area contributed by atoms with Crippen LogP contribution in [0.5, 0.6) is 11.5 Å². The van der Waals surface area contributed by atoms with E-state index in [4.69, 9.17) is 14.5 Å². The van der Waals surface area contributed by atoms with Gasteiger partial charge in [0.05, 0.1) is 29.0 Å². The minimum atomic E-state index is 0.300. The van der Waals surface area contributed by atoms with Crippen LogP contribution in [0, 0.1) is 9.49 Å². The van der Waals surface area contributed by atoms with E-state index < -0.39 is 0 Å². The maximum Gasteiger partial charge on any atom is 0.174 e. The molecule has 0 amide bonds. The second-order valence-corrected chi connectivity index (χ2v) is 9.96. The Labute approximate surface area is 215 Å². The lowest BCUT2D eigenvalue weighted by atomic mass is 9.77. The number of allylic oxidation sites excluding steroid dienone is 2. The topological polar surface area (TPSA) is 42.8 Å². The molecule has 1 heterocycles. The summed E-state index contributed by atoms with van der Waals surface area (Å²) < 4.78 is 12.4. The fourth-order valence-electron chi connectivity index (χ4n) is 4.95. The van der Waals surface area contributed by atoms with Gasteiger partial charge >= 0.3 is 0 Å². The zero-order chi connectivity index (χ0) is 23.5. The van der Waals surface area contributed by atoms with Crippen molar-refractivity contribution >= 4 is 40.2 Å². The Kier molecular flexibility index (Phi) is 6.90. The monoisotopic (exact) mass is 564 g/mol. The molecule has 3 aromatic rings. The molecule has 2 aliphatic rings. The summed E-state index contributed by atoms with van der Waals surface area (Å²) >= 11 is 2.29. The number of benzene rings is 3. The highest BCUT2D eigenvalue weighted by Gasteiger charge is 2.37. The maximum absolute atomic E-state index is 5.86. The third-order valence-corrected chi connectivity index (χ3v) is 7.39. The Morgan fingerprint density at radius 2 is 1.94 bits per heavy atom. The number of methoxy groups -OCH3 is 1. The van der Waals surface area contributed by atoms with Crippen LogP contribution in [0.4, 0.5) is 11.4 Å². The van der Waals surface area contributed by atoms with Gasteiger partial charge in [0.1, 0.15) is 0 Å². The third kappa shape index (κ3) is 4.58.